The molecule has 0 saturated heterocycles. The molecular weight excluding hydrogens is 312 g/mol. The van der Waals surface area contributed by atoms with Gasteiger partial charge < -0.3 is 14.8 Å². The molecule has 2 aromatic rings. The fourth-order valence-corrected chi connectivity index (χ4v) is 2.54. The average molecular weight is 342 g/mol. The van der Waals surface area contributed by atoms with E-state index < -0.39 is 0 Å². The van der Waals surface area contributed by atoms with E-state index in [9.17, 15) is 0 Å². The number of aryl methyl sites for hydroxylation is 1. The molecule has 0 aliphatic heterocycles. The van der Waals surface area contributed by atoms with Crippen molar-refractivity contribution in [3.8, 4) is 0 Å². The zero-order chi connectivity index (χ0) is 18.1. The van der Waals surface area contributed by atoms with Gasteiger partial charge in [0.1, 0.15) is 12.2 Å². The lowest BCUT2D eigenvalue weighted by Crippen LogP contribution is -2.40. The Balaban J connectivity index is 1.96. The van der Waals surface area contributed by atoms with Crippen molar-refractivity contribution in [1.82, 2.24) is 25.0 Å². The molecule has 1 heterocycles. The maximum absolute atomic E-state index is 4.77. The highest BCUT2D eigenvalue weighted by Gasteiger charge is 2.08. The van der Waals surface area contributed by atoms with Crippen LogP contribution >= 0.6 is 0 Å². The van der Waals surface area contributed by atoms with Crippen LogP contribution in [0.3, 0.4) is 0 Å². The molecule has 0 aliphatic carbocycles. The number of aromatic nitrogens is 3. The first-order chi connectivity index (χ1) is 12.1. The van der Waals surface area contributed by atoms with Gasteiger partial charge in [-0.05, 0) is 11.5 Å². The van der Waals surface area contributed by atoms with Gasteiger partial charge in [-0.2, -0.15) is 0 Å². The van der Waals surface area contributed by atoms with Crippen LogP contribution in [0.4, 0.5) is 0 Å². The van der Waals surface area contributed by atoms with Crippen LogP contribution in [0.5, 0.6) is 0 Å². The third-order valence-electron chi connectivity index (χ3n) is 3.88. The van der Waals surface area contributed by atoms with Crippen LogP contribution in [0.15, 0.2) is 41.7 Å². The highest BCUT2D eigenvalue weighted by Crippen LogP contribution is 2.04. The van der Waals surface area contributed by atoms with E-state index in [1.807, 2.05) is 6.07 Å². The molecule has 2 rings (SSSR count). The smallest absolute Gasteiger partial charge is 0.194 e. The van der Waals surface area contributed by atoms with Gasteiger partial charge in [0.25, 0.3) is 0 Å². The van der Waals surface area contributed by atoms with Gasteiger partial charge in [-0.15, -0.1) is 10.2 Å². The van der Waals surface area contributed by atoms with Crippen LogP contribution < -0.4 is 5.32 Å². The molecule has 1 aromatic heterocycles. The Morgan fingerprint density at radius 3 is 2.72 bits per heavy atom. The number of nitrogens with zero attached hydrogens (tertiary/aromatic N) is 5. The quantitative estimate of drug-likeness (QED) is 0.592. The Bertz CT molecular complexity index is 647. The van der Waals surface area contributed by atoms with E-state index in [1.165, 1.54) is 5.56 Å². The van der Waals surface area contributed by atoms with E-state index in [-0.39, 0.29) is 0 Å². The highest BCUT2D eigenvalue weighted by molar-refractivity contribution is 5.79. The minimum Gasteiger partial charge on any atom is -0.354 e. The molecule has 6 heteroatoms. The van der Waals surface area contributed by atoms with Gasteiger partial charge in [0, 0.05) is 39.6 Å². The first-order valence-corrected chi connectivity index (χ1v) is 9.00. The largest absolute Gasteiger partial charge is 0.354 e. The van der Waals surface area contributed by atoms with Crippen molar-refractivity contribution < 1.29 is 0 Å². The number of benzene rings is 1. The molecule has 0 amide bonds. The molecule has 25 heavy (non-hydrogen) atoms. The average Bonchev–Trinajstić information content (AvgIpc) is 3.06. The Morgan fingerprint density at radius 1 is 1.28 bits per heavy atom. The molecule has 6 nitrogen and oxygen atoms in total. The minimum absolute atomic E-state index is 0.534. The van der Waals surface area contributed by atoms with Crippen molar-refractivity contribution in [3.05, 3.63) is 48.0 Å². The van der Waals surface area contributed by atoms with E-state index in [0.717, 1.165) is 44.4 Å². The third-order valence-corrected chi connectivity index (χ3v) is 3.88. The van der Waals surface area contributed by atoms with Crippen molar-refractivity contribution in [2.75, 3.05) is 20.1 Å². The standard InChI is InChI=1S/C19H30N6/c1-5-18-23-22-15-25(18)12-11-20-19(21-13-16(2)3)24(4)14-17-9-7-6-8-10-17/h6-10,15-16H,5,11-14H2,1-4H3,(H,20,21). The molecule has 0 atom stereocenters. The van der Waals surface area contributed by atoms with Gasteiger partial charge in [0.2, 0.25) is 0 Å². The highest BCUT2D eigenvalue weighted by atomic mass is 15.3. The first-order valence-electron chi connectivity index (χ1n) is 9.00. The number of rotatable bonds is 8. The summed E-state index contributed by atoms with van der Waals surface area (Å²) in [5.74, 6) is 2.48. The summed E-state index contributed by atoms with van der Waals surface area (Å²) in [6.45, 7) is 9.73. The zero-order valence-electron chi connectivity index (χ0n) is 15.8. The summed E-state index contributed by atoms with van der Waals surface area (Å²) < 4.78 is 2.09. The second-order valence-electron chi connectivity index (χ2n) is 6.62. The predicted octanol–water partition coefficient (Wildman–Crippen LogP) is 2.57. The van der Waals surface area contributed by atoms with Crippen molar-refractivity contribution in [1.29, 1.82) is 0 Å². The van der Waals surface area contributed by atoms with Crippen molar-refractivity contribution >= 4 is 5.96 Å². The zero-order valence-corrected chi connectivity index (χ0v) is 15.8. The number of guanidine groups is 1. The van der Waals surface area contributed by atoms with Crippen LogP contribution in [0.2, 0.25) is 0 Å². The van der Waals surface area contributed by atoms with Gasteiger partial charge in [0.05, 0.1) is 0 Å². The minimum atomic E-state index is 0.534. The fraction of sp³-hybridized carbons (Fsp3) is 0.526. The lowest BCUT2D eigenvalue weighted by molar-refractivity contribution is 0.467. The van der Waals surface area contributed by atoms with E-state index >= 15 is 0 Å². The summed E-state index contributed by atoms with van der Waals surface area (Å²) in [5.41, 5.74) is 1.27. The third kappa shape index (κ3) is 6.21. The lowest BCUT2D eigenvalue weighted by atomic mass is 10.2. The molecule has 0 fully saturated rings. The first kappa shape index (κ1) is 19.0. The molecule has 136 valence electrons. The Labute approximate surface area is 151 Å². The van der Waals surface area contributed by atoms with Gasteiger partial charge in [-0.25, -0.2) is 0 Å². The Hall–Kier alpha value is -2.37. The number of hydrogen-bond acceptors (Lipinski definition) is 3. The van der Waals surface area contributed by atoms with E-state index in [4.69, 9.17) is 4.99 Å². The summed E-state index contributed by atoms with van der Waals surface area (Å²) in [6.07, 6.45) is 2.68. The van der Waals surface area contributed by atoms with Crippen molar-refractivity contribution in [3.63, 3.8) is 0 Å². The van der Waals surface area contributed by atoms with E-state index in [2.05, 4.69) is 77.1 Å². The van der Waals surface area contributed by atoms with E-state index in [0.29, 0.717) is 5.92 Å². The van der Waals surface area contributed by atoms with Crippen LogP contribution in [-0.2, 0) is 19.5 Å². The molecular formula is C19H30N6. The number of nitrogens with one attached hydrogen (secondary N) is 1. The van der Waals surface area contributed by atoms with Crippen LogP contribution in [0, 0.1) is 5.92 Å². The predicted molar refractivity (Wildman–Crippen MR) is 102 cm³/mol. The molecule has 0 spiro atoms. The topological polar surface area (TPSA) is 58.3 Å². The van der Waals surface area contributed by atoms with Crippen molar-refractivity contribution in [2.45, 2.75) is 40.3 Å². The SMILES string of the molecule is CCc1nncn1CCNC(=NCC(C)C)N(C)Cc1ccccc1. The summed E-state index contributed by atoms with van der Waals surface area (Å²) in [7, 11) is 2.08. The second-order valence-corrected chi connectivity index (χ2v) is 6.62. The van der Waals surface area contributed by atoms with Crippen LogP contribution in [-0.4, -0.2) is 45.8 Å². The molecule has 0 radical (unpaired) electrons. The molecule has 0 unspecified atom stereocenters. The Morgan fingerprint density at radius 2 is 2.04 bits per heavy atom. The Kier molecular flexibility index (Phi) is 7.44. The summed E-state index contributed by atoms with van der Waals surface area (Å²) >= 11 is 0. The molecule has 1 N–H and O–H groups in total. The van der Waals surface area contributed by atoms with Gasteiger partial charge >= 0.3 is 0 Å². The van der Waals surface area contributed by atoms with Crippen molar-refractivity contribution in [2.24, 2.45) is 10.9 Å². The van der Waals surface area contributed by atoms with Gasteiger partial charge in [-0.3, -0.25) is 4.99 Å². The number of aliphatic imine (C=N–C) groups is 1. The maximum atomic E-state index is 4.77. The number of hydrogen-bond donors (Lipinski definition) is 1. The summed E-state index contributed by atoms with van der Waals surface area (Å²) in [6, 6.07) is 10.5. The molecule has 0 bridgehead atoms. The normalized spacial score (nSPS) is 11.8. The van der Waals surface area contributed by atoms with Crippen LogP contribution in [0.25, 0.3) is 0 Å². The maximum Gasteiger partial charge on any atom is 0.194 e. The molecule has 0 aliphatic rings. The van der Waals surface area contributed by atoms with Gasteiger partial charge in [0.15, 0.2) is 5.96 Å². The monoisotopic (exact) mass is 342 g/mol. The summed E-state index contributed by atoms with van der Waals surface area (Å²) in [5, 5.41) is 11.6. The fourth-order valence-electron chi connectivity index (χ4n) is 2.54. The molecule has 0 saturated carbocycles. The molecule has 1 aromatic carbocycles. The summed E-state index contributed by atoms with van der Waals surface area (Å²) in [4.78, 5) is 6.94. The van der Waals surface area contributed by atoms with Gasteiger partial charge in [-0.1, -0.05) is 51.1 Å². The second kappa shape index (κ2) is 9.81. The lowest BCUT2D eigenvalue weighted by Gasteiger charge is -2.23. The van der Waals surface area contributed by atoms with Crippen LogP contribution in [0.1, 0.15) is 32.2 Å². The van der Waals surface area contributed by atoms with E-state index in [1.54, 1.807) is 6.33 Å².